The number of guanidine groups is 1. The molecule has 8 heteroatoms. The zero-order chi connectivity index (χ0) is 32.1. The number of rotatable bonds is 9. The van der Waals surface area contributed by atoms with Crippen LogP contribution >= 0.6 is 0 Å². The van der Waals surface area contributed by atoms with Gasteiger partial charge in [0.1, 0.15) is 0 Å². The minimum atomic E-state index is -0.670. The van der Waals surface area contributed by atoms with E-state index < -0.39 is 5.41 Å². The summed E-state index contributed by atoms with van der Waals surface area (Å²) in [5.74, 6) is 1.04. The Morgan fingerprint density at radius 2 is 1.89 bits per heavy atom. The number of aryl methyl sites for hydroxylation is 2. The molecule has 2 aromatic heterocycles. The largest absolute Gasteiger partial charge is 0.354 e. The van der Waals surface area contributed by atoms with Gasteiger partial charge < -0.3 is 14.8 Å². The van der Waals surface area contributed by atoms with Crippen molar-refractivity contribution >= 4 is 22.8 Å². The Hall–Kier alpha value is -4.64. The van der Waals surface area contributed by atoms with Crippen LogP contribution in [0.15, 0.2) is 65.8 Å². The van der Waals surface area contributed by atoms with E-state index in [1.807, 2.05) is 50.9 Å². The molecule has 0 saturated carbocycles. The number of nitrogens with one attached hydrogen (secondary N) is 2. The maximum absolute atomic E-state index is 13.6. The summed E-state index contributed by atoms with van der Waals surface area (Å²) in [6.07, 6.45) is 5.57. The fourth-order valence-corrected chi connectivity index (χ4v) is 6.64. The molecule has 1 amide bonds. The summed E-state index contributed by atoms with van der Waals surface area (Å²) >= 11 is 0. The maximum atomic E-state index is 13.6. The summed E-state index contributed by atoms with van der Waals surface area (Å²) in [5.41, 5.74) is 8.21. The Labute approximate surface area is 267 Å². The van der Waals surface area contributed by atoms with Crippen molar-refractivity contribution in [1.29, 1.82) is 5.26 Å². The highest BCUT2D eigenvalue weighted by Crippen LogP contribution is 2.36. The smallest absolute Gasteiger partial charge is 0.232 e. The Bertz CT molecular complexity index is 1710. The number of aromatic nitrogens is 2. The molecule has 234 valence electrons. The molecule has 45 heavy (non-hydrogen) atoms. The second kappa shape index (κ2) is 13.6. The van der Waals surface area contributed by atoms with Gasteiger partial charge in [-0.3, -0.25) is 20.1 Å². The molecule has 0 bridgehead atoms. The predicted molar refractivity (Wildman–Crippen MR) is 182 cm³/mol. The number of likely N-dealkylation sites (tertiary alicyclic amines) is 1. The normalized spacial score (nSPS) is 15.4. The molecule has 2 N–H and O–H groups in total. The highest BCUT2D eigenvalue weighted by Gasteiger charge is 2.33. The first-order valence-electron chi connectivity index (χ1n) is 16.0. The molecule has 1 saturated heterocycles. The van der Waals surface area contributed by atoms with Crippen LogP contribution in [0.1, 0.15) is 68.0 Å². The second-order valence-corrected chi connectivity index (χ2v) is 12.6. The summed E-state index contributed by atoms with van der Waals surface area (Å²) in [6, 6.07) is 19.0. The van der Waals surface area contributed by atoms with Crippen LogP contribution in [0.25, 0.3) is 22.2 Å². The van der Waals surface area contributed by atoms with E-state index in [1.165, 1.54) is 11.1 Å². The summed E-state index contributed by atoms with van der Waals surface area (Å²) in [6.45, 7) is 15.8. The maximum Gasteiger partial charge on any atom is 0.232 e. The lowest BCUT2D eigenvalue weighted by Gasteiger charge is -2.31. The molecule has 3 heterocycles. The summed E-state index contributed by atoms with van der Waals surface area (Å²) in [5, 5.41) is 13.5. The number of pyridine rings is 1. The number of H-pyrrole nitrogens is 1. The molecule has 4 aromatic rings. The van der Waals surface area contributed by atoms with Gasteiger partial charge in [0.2, 0.25) is 11.9 Å². The first-order chi connectivity index (χ1) is 21.7. The fourth-order valence-electron chi connectivity index (χ4n) is 6.64. The topological polar surface area (TPSA) is 100 Å². The number of aliphatic imine (C=N–C) groups is 1. The van der Waals surface area contributed by atoms with Crippen molar-refractivity contribution in [3.05, 3.63) is 88.7 Å². The van der Waals surface area contributed by atoms with Gasteiger partial charge in [0.05, 0.1) is 5.41 Å². The highest BCUT2D eigenvalue weighted by molar-refractivity contribution is 5.94. The van der Waals surface area contributed by atoms with Crippen molar-refractivity contribution in [2.75, 3.05) is 32.7 Å². The van der Waals surface area contributed by atoms with Crippen molar-refractivity contribution in [2.24, 2.45) is 4.99 Å². The molecule has 2 aromatic carbocycles. The molecule has 1 atom stereocenters. The molecule has 1 fully saturated rings. The fraction of sp³-hybridized carbons (Fsp3) is 0.405. The highest BCUT2D eigenvalue weighted by atomic mass is 16.2. The van der Waals surface area contributed by atoms with Crippen molar-refractivity contribution in [1.82, 2.24) is 25.1 Å². The van der Waals surface area contributed by atoms with E-state index >= 15 is 0 Å². The average Bonchev–Trinajstić information content (AvgIpc) is 3.66. The van der Waals surface area contributed by atoms with Crippen LogP contribution in [0.5, 0.6) is 0 Å². The van der Waals surface area contributed by atoms with Gasteiger partial charge >= 0.3 is 0 Å². The van der Waals surface area contributed by atoms with Crippen LogP contribution in [0, 0.1) is 25.3 Å². The van der Waals surface area contributed by atoms with Crippen LogP contribution in [-0.2, 0) is 16.6 Å². The lowest BCUT2D eigenvalue weighted by Crippen LogP contribution is -2.43. The van der Waals surface area contributed by atoms with E-state index in [-0.39, 0.29) is 5.91 Å². The van der Waals surface area contributed by atoms with E-state index in [4.69, 9.17) is 4.99 Å². The molecule has 1 aliphatic rings. The van der Waals surface area contributed by atoms with Gasteiger partial charge in [-0.1, -0.05) is 29.3 Å². The number of nitrogens with zero attached hydrogens (tertiary/aromatic N) is 5. The van der Waals surface area contributed by atoms with Crippen molar-refractivity contribution in [3.8, 4) is 17.5 Å². The van der Waals surface area contributed by atoms with E-state index in [2.05, 4.69) is 82.7 Å². The van der Waals surface area contributed by atoms with Crippen molar-refractivity contribution < 1.29 is 4.79 Å². The Balaban J connectivity index is 1.50. The van der Waals surface area contributed by atoms with Gasteiger partial charge in [0.25, 0.3) is 0 Å². The number of hydrogen-bond acceptors (Lipinski definition) is 4. The lowest BCUT2D eigenvalue weighted by atomic mass is 9.82. The van der Waals surface area contributed by atoms with E-state index in [1.54, 1.807) is 0 Å². The molecule has 0 aliphatic carbocycles. The summed E-state index contributed by atoms with van der Waals surface area (Å²) < 4.78 is 0. The quantitative estimate of drug-likeness (QED) is 0.0991. The van der Waals surface area contributed by atoms with Gasteiger partial charge in [0, 0.05) is 67.1 Å². The van der Waals surface area contributed by atoms with Crippen LogP contribution < -0.4 is 5.32 Å². The summed E-state index contributed by atoms with van der Waals surface area (Å²) in [4.78, 5) is 30.8. The van der Waals surface area contributed by atoms with Gasteiger partial charge in [0.15, 0.2) is 6.19 Å². The van der Waals surface area contributed by atoms with Gasteiger partial charge in [-0.25, -0.2) is 0 Å². The SMILES string of the molecule is CCN(CC)C(=O)C(C)(C)c1ccc2[nH]c(-c3cc(C)cc(C)c3)c(CCN=C(NC#N)N3CCC(c4ccccn4)C3)c2c1. The molecular formula is C37H45N7O. The third-order valence-electron chi connectivity index (χ3n) is 9.11. The monoisotopic (exact) mass is 603 g/mol. The Morgan fingerprint density at radius 3 is 2.56 bits per heavy atom. The number of nitriles is 1. The number of fused-ring (bicyclic) bond motifs is 1. The van der Waals surface area contributed by atoms with Crippen molar-refractivity contribution in [2.45, 2.75) is 65.7 Å². The van der Waals surface area contributed by atoms with Gasteiger partial charge in [-0.15, -0.1) is 0 Å². The van der Waals surface area contributed by atoms with Crippen LogP contribution in [0.2, 0.25) is 0 Å². The third-order valence-corrected chi connectivity index (χ3v) is 9.11. The van der Waals surface area contributed by atoms with Crippen LogP contribution in [0.3, 0.4) is 0 Å². The number of carbonyl (C=O) groups is 1. The number of likely N-dealkylation sites (N-methyl/N-ethyl adjacent to an activating group) is 1. The first kappa shape index (κ1) is 31.8. The number of carbonyl (C=O) groups excluding carboxylic acids is 1. The predicted octanol–water partition coefficient (Wildman–Crippen LogP) is 6.45. The second-order valence-electron chi connectivity index (χ2n) is 12.6. The zero-order valence-electron chi connectivity index (χ0n) is 27.4. The van der Waals surface area contributed by atoms with E-state index in [0.29, 0.717) is 37.9 Å². The molecule has 8 nitrogen and oxygen atoms in total. The van der Waals surface area contributed by atoms with Gasteiger partial charge in [-0.2, -0.15) is 5.26 Å². The number of hydrogen-bond donors (Lipinski definition) is 2. The van der Waals surface area contributed by atoms with Gasteiger partial charge in [-0.05, 0) is 107 Å². The lowest BCUT2D eigenvalue weighted by molar-refractivity contribution is -0.135. The molecular weight excluding hydrogens is 558 g/mol. The van der Waals surface area contributed by atoms with Crippen molar-refractivity contribution in [3.63, 3.8) is 0 Å². The van der Waals surface area contributed by atoms with Crippen LogP contribution in [0.4, 0.5) is 0 Å². The van der Waals surface area contributed by atoms with Crippen LogP contribution in [-0.4, -0.2) is 64.4 Å². The average molecular weight is 604 g/mol. The number of aromatic amines is 1. The summed E-state index contributed by atoms with van der Waals surface area (Å²) in [7, 11) is 0. The molecule has 0 spiro atoms. The Morgan fingerprint density at radius 1 is 1.13 bits per heavy atom. The zero-order valence-corrected chi connectivity index (χ0v) is 27.4. The first-order valence-corrected chi connectivity index (χ1v) is 16.0. The minimum absolute atomic E-state index is 0.130. The third kappa shape index (κ3) is 6.73. The standard InChI is InChI=1S/C37H45N7O/c1-7-43(8-2)35(45)37(5,6)29-12-13-33-31(22-29)30(34(42-33)28-20-25(3)19-26(4)21-28)14-17-40-36(41-24-38)44-18-15-27(23-44)32-11-9-10-16-39-32/h9-13,16,19-22,27,42H,7-8,14-15,17-18,23H2,1-6H3,(H,40,41). The number of benzene rings is 2. The molecule has 1 aliphatic heterocycles. The van der Waals surface area contributed by atoms with E-state index in [0.717, 1.165) is 58.5 Å². The minimum Gasteiger partial charge on any atom is -0.354 e. The molecule has 1 unspecified atom stereocenters. The Kier molecular flexibility index (Phi) is 9.57. The van der Waals surface area contributed by atoms with E-state index in [9.17, 15) is 10.1 Å². The molecule has 0 radical (unpaired) electrons. The number of amides is 1. The molecule has 5 rings (SSSR count).